The van der Waals surface area contributed by atoms with Gasteiger partial charge in [-0.3, -0.25) is 9.59 Å². The molecule has 2 heterocycles. The molecule has 3 aromatic rings. The summed E-state index contributed by atoms with van der Waals surface area (Å²) >= 11 is 1.69. The van der Waals surface area contributed by atoms with E-state index in [0.29, 0.717) is 34.4 Å². The Morgan fingerprint density at radius 2 is 1.91 bits per heavy atom. The van der Waals surface area contributed by atoms with Crippen LogP contribution in [0, 0.1) is 5.82 Å². The molecule has 0 spiro atoms. The number of aromatic nitrogens is 2. The average Bonchev–Trinajstić information content (AvgIpc) is 3.40. The number of carbonyl (C=O) groups excluding carboxylic acids is 2. The molecular formula is C23H23FN4O4S. The van der Waals surface area contributed by atoms with Crippen molar-refractivity contribution in [3.8, 4) is 11.5 Å². The third kappa shape index (κ3) is 4.95. The van der Waals surface area contributed by atoms with Gasteiger partial charge < -0.3 is 20.1 Å². The molecule has 0 aliphatic carbocycles. The Hall–Kier alpha value is -3.53. The number of benzene rings is 2. The number of nitrogens with zero attached hydrogens (tertiary/aromatic N) is 2. The standard InChI is InChI=1S/C23H23FN4O4S/c1-31-19-5-3-4-16(21(19)32-2)23(30)26-22-17-12-33-13-18(17)27-28(22)11-20(29)25-10-14-6-8-15(24)9-7-14/h3-9H,10-13H2,1-2H3,(H,25,29)(H,26,30). The highest BCUT2D eigenvalue weighted by Crippen LogP contribution is 2.36. The number of para-hydroxylation sites is 1. The summed E-state index contributed by atoms with van der Waals surface area (Å²) in [4.78, 5) is 25.7. The number of hydrogen-bond acceptors (Lipinski definition) is 6. The predicted octanol–water partition coefficient (Wildman–Crippen LogP) is 3.35. The van der Waals surface area contributed by atoms with E-state index < -0.39 is 5.91 Å². The Labute approximate surface area is 194 Å². The van der Waals surface area contributed by atoms with E-state index in [4.69, 9.17) is 9.47 Å². The second-order valence-corrected chi connectivity index (χ2v) is 8.31. The lowest BCUT2D eigenvalue weighted by atomic mass is 10.1. The molecule has 1 aliphatic rings. The van der Waals surface area contributed by atoms with Gasteiger partial charge in [-0.05, 0) is 29.8 Å². The molecule has 2 aromatic carbocycles. The van der Waals surface area contributed by atoms with Gasteiger partial charge in [0, 0.05) is 23.6 Å². The number of ether oxygens (including phenoxy) is 2. The van der Waals surface area contributed by atoms with E-state index in [2.05, 4.69) is 15.7 Å². The zero-order chi connectivity index (χ0) is 23.4. The lowest BCUT2D eigenvalue weighted by Gasteiger charge is -2.14. The van der Waals surface area contributed by atoms with E-state index in [-0.39, 0.29) is 24.8 Å². The molecule has 1 aromatic heterocycles. The number of amides is 2. The number of methoxy groups -OCH3 is 2. The maximum atomic E-state index is 13.1. The number of hydrogen-bond donors (Lipinski definition) is 2. The van der Waals surface area contributed by atoms with Gasteiger partial charge in [0.2, 0.25) is 5.91 Å². The summed E-state index contributed by atoms with van der Waals surface area (Å²) in [6.45, 7) is 0.197. The average molecular weight is 471 g/mol. The fourth-order valence-corrected chi connectivity index (χ4v) is 4.59. The van der Waals surface area contributed by atoms with E-state index in [1.165, 1.54) is 31.0 Å². The molecular weight excluding hydrogens is 447 g/mol. The minimum absolute atomic E-state index is 0.0658. The topological polar surface area (TPSA) is 94.5 Å². The summed E-state index contributed by atoms with van der Waals surface area (Å²) in [6, 6.07) is 11.0. The lowest BCUT2D eigenvalue weighted by Crippen LogP contribution is -2.29. The van der Waals surface area contributed by atoms with Crippen LogP contribution in [0.2, 0.25) is 0 Å². The largest absolute Gasteiger partial charge is 0.493 e. The number of thioether (sulfide) groups is 1. The summed E-state index contributed by atoms with van der Waals surface area (Å²) in [5.74, 6) is 1.67. The van der Waals surface area contributed by atoms with Gasteiger partial charge in [0.25, 0.3) is 5.91 Å². The van der Waals surface area contributed by atoms with Crippen molar-refractivity contribution in [1.29, 1.82) is 0 Å². The summed E-state index contributed by atoms with van der Waals surface area (Å²) in [5.41, 5.74) is 2.84. The number of rotatable bonds is 8. The van der Waals surface area contributed by atoms with Crippen molar-refractivity contribution in [2.75, 3.05) is 19.5 Å². The first-order valence-corrected chi connectivity index (χ1v) is 11.4. The van der Waals surface area contributed by atoms with Crippen LogP contribution < -0.4 is 20.1 Å². The second kappa shape index (κ2) is 9.95. The van der Waals surface area contributed by atoms with Crippen molar-refractivity contribution >= 4 is 29.4 Å². The van der Waals surface area contributed by atoms with Gasteiger partial charge in [0.1, 0.15) is 18.2 Å². The van der Waals surface area contributed by atoms with Crippen LogP contribution in [-0.2, 0) is 29.4 Å². The van der Waals surface area contributed by atoms with Crippen molar-refractivity contribution < 1.29 is 23.5 Å². The molecule has 0 unspecified atom stereocenters. The molecule has 8 nitrogen and oxygen atoms in total. The van der Waals surface area contributed by atoms with Crippen molar-refractivity contribution in [2.45, 2.75) is 24.6 Å². The number of fused-ring (bicyclic) bond motifs is 1. The van der Waals surface area contributed by atoms with Gasteiger partial charge in [0.05, 0.1) is 25.5 Å². The Morgan fingerprint density at radius 3 is 2.64 bits per heavy atom. The third-order valence-corrected chi connectivity index (χ3v) is 6.17. The monoisotopic (exact) mass is 470 g/mol. The maximum Gasteiger partial charge on any atom is 0.260 e. The van der Waals surface area contributed by atoms with Gasteiger partial charge in [-0.2, -0.15) is 16.9 Å². The van der Waals surface area contributed by atoms with E-state index in [9.17, 15) is 14.0 Å². The van der Waals surface area contributed by atoms with Crippen LogP contribution in [0.3, 0.4) is 0 Å². The van der Waals surface area contributed by atoms with Crippen LogP contribution in [0.15, 0.2) is 42.5 Å². The van der Waals surface area contributed by atoms with Crippen LogP contribution in [0.1, 0.15) is 27.2 Å². The lowest BCUT2D eigenvalue weighted by molar-refractivity contribution is -0.122. The number of anilines is 1. The minimum Gasteiger partial charge on any atom is -0.493 e. The first kappa shape index (κ1) is 22.7. The van der Waals surface area contributed by atoms with Gasteiger partial charge in [0.15, 0.2) is 11.5 Å². The number of carbonyl (C=O) groups is 2. The maximum absolute atomic E-state index is 13.1. The molecule has 0 fully saturated rings. The third-order valence-electron chi connectivity index (χ3n) is 5.19. The Morgan fingerprint density at radius 1 is 1.12 bits per heavy atom. The second-order valence-electron chi connectivity index (χ2n) is 7.32. The van der Waals surface area contributed by atoms with Crippen LogP contribution in [0.25, 0.3) is 0 Å². The smallest absolute Gasteiger partial charge is 0.260 e. The zero-order valence-electron chi connectivity index (χ0n) is 18.2. The van der Waals surface area contributed by atoms with Crippen LogP contribution in [-0.4, -0.2) is 35.8 Å². The molecule has 33 heavy (non-hydrogen) atoms. The van der Waals surface area contributed by atoms with Crippen molar-refractivity contribution in [2.24, 2.45) is 0 Å². The van der Waals surface area contributed by atoms with Crippen molar-refractivity contribution in [3.05, 3.63) is 70.7 Å². The highest BCUT2D eigenvalue weighted by atomic mass is 32.2. The molecule has 10 heteroatoms. The molecule has 0 saturated heterocycles. The normalized spacial score (nSPS) is 12.2. The summed E-state index contributed by atoms with van der Waals surface area (Å²) in [5, 5.41) is 10.2. The Balaban J connectivity index is 1.52. The molecule has 2 N–H and O–H groups in total. The highest BCUT2D eigenvalue weighted by Gasteiger charge is 2.26. The van der Waals surface area contributed by atoms with Crippen LogP contribution in [0.4, 0.5) is 10.2 Å². The molecule has 0 bridgehead atoms. The number of halogens is 1. The first-order valence-electron chi connectivity index (χ1n) is 10.2. The van der Waals surface area contributed by atoms with E-state index in [1.807, 2.05) is 0 Å². The molecule has 4 rings (SSSR count). The molecule has 0 saturated carbocycles. The van der Waals surface area contributed by atoms with E-state index >= 15 is 0 Å². The molecule has 172 valence electrons. The molecule has 2 amide bonds. The van der Waals surface area contributed by atoms with Gasteiger partial charge >= 0.3 is 0 Å². The van der Waals surface area contributed by atoms with Gasteiger partial charge in [-0.1, -0.05) is 18.2 Å². The van der Waals surface area contributed by atoms with E-state index in [0.717, 1.165) is 16.8 Å². The summed E-state index contributed by atoms with van der Waals surface area (Å²) in [7, 11) is 2.97. The predicted molar refractivity (Wildman–Crippen MR) is 123 cm³/mol. The Kier molecular flexibility index (Phi) is 6.83. The van der Waals surface area contributed by atoms with E-state index in [1.54, 1.807) is 42.1 Å². The van der Waals surface area contributed by atoms with Crippen molar-refractivity contribution in [1.82, 2.24) is 15.1 Å². The molecule has 1 aliphatic heterocycles. The Bertz CT molecular complexity index is 1180. The highest BCUT2D eigenvalue weighted by molar-refractivity contribution is 7.98. The summed E-state index contributed by atoms with van der Waals surface area (Å²) < 4.78 is 25.2. The first-order chi connectivity index (χ1) is 16.0. The quantitative estimate of drug-likeness (QED) is 0.524. The van der Waals surface area contributed by atoms with Gasteiger partial charge in [-0.15, -0.1) is 0 Å². The van der Waals surface area contributed by atoms with Crippen molar-refractivity contribution in [3.63, 3.8) is 0 Å². The van der Waals surface area contributed by atoms with Crippen LogP contribution in [0.5, 0.6) is 11.5 Å². The van der Waals surface area contributed by atoms with Crippen LogP contribution >= 0.6 is 11.8 Å². The fourth-order valence-electron chi connectivity index (χ4n) is 3.56. The summed E-state index contributed by atoms with van der Waals surface area (Å²) in [6.07, 6.45) is 0. The minimum atomic E-state index is -0.390. The number of nitrogens with one attached hydrogen (secondary N) is 2. The molecule has 0 atom stereocenters. The SMILES string of the molecule is COc1cccc(C(=O)Nc2c3c(nn2CC(=O)NCc2ccc(F)cc2)CSC3)c1OC. The van der Waals surface area contributed by atoms with Gasteiger partial charge in [-0.25, -0.2) is 9.07 Å². The zero-order valence-corrected chi connectivity index (χ0v) is 19.0. The fraction of sp³-hybridized carbons (Fsp3) is 0.261. The molecule has 0 radical (unpaired) electrons.